The Hall–Kier alpha value is -1.14. The van der Waals surface area contributed by atoms with E-state index in [4.69, 9.17) is 4.52 Å². The van der Waals surface area contributed by atoms with Gasteiger partial charge in [-0.05, 0) is 18.8 Å². The van der Waals surface area contributed by atoms with Crippen molar-refractivity contribution in [2.45, 2.75) is 39.2 Å². The van der Waals surface area contributed by atoms with Crippen LogP contribution in [0.2, 0.25) is 0 Å². The molecule has 1 saturated carbocycles. The Balaban J connectivity index is 0.00000147. The van der Waals surface area contributed by atoms with Crippen molar-refractivity contribution in [1.29, 1.82) is 0 Å². The topological polar surface area (TPSA) is 79.5 Å². The summed E-state index contributed by atoms with van der Waals surface area (Å²) >= 11 is 0. The van der Waals surface area contributed by atoms with Gasteiger partial charge in [-0.25, -0.2) is 0 Å². The molecular formula is C13H20ClN3O3. The summed E-state index contributed by atoms with van der Waals surface area (Å²) in [6, 6.07) is 0. The van der Waals surface area contributed by atoms with Gasteiger partial charge in [-0.1, -0.05) is 18.5 Å². The molecule has 1 N–H and O–H groups in total. The molecular weight excluding hydrogens is 282 g/mol. The molecule has 6 nitrogen and oxygen atoms in total. The van der Waals surface area contributed by atoms with Crippen LogP contribution in [-0.2, 0) is 17.8 Å². The van der Waals surface area contributed by atoms with E-state index < -0.39 is 11.4 Å². The lowest BCUT2D eigenvalue weighted by atomic mass is 9.81. The molecule has 1 aliphatic carbocycles. The van der Waals surface area contributed by atoms with Gasteiger partial charge in [-0.3, -0.25) is 9.69 Å². The zero-order chi connectivity index (χ0) is 13.5. The second-order valence-electron chi connectivity index (χ2n) is 5.68. The number of nitrogens with zero attached hydrogens (tertiary/aromatic N) is 3. The predicted molar refractivity (Wildman–Crippen MR) is 73.6 cm³/mol. The standard InChI is InChI=1S/C13H19N3O3.ClH/c1-2-11-14-10(15-19-11)7-16-6-9-4-3-5-13(9,8-16)12(17)18;/h9H,2-8H2,1H3,(H,17,18);1H/t9-,13+;/m0./s1. The lowest BCUT2D eigenvalue weighted by Gasteiger charge is -2.23. The first-order valence-electron chi connectivity index (χ1n) is 6.91. The van der Waals surface area contributed by atoms with E-state index in [-0.39, 0.29) is 18.3 Å². The Morgan fingerprint density at radius 3 is 3.00 bits per heavy atom. The monoisotopic (exact) mass is 301 g/mol. The first kappa shape index (κ1) is 15.3. The first-order chi connectivity index (χ1) is 9.14. The summed E-state index contributed by atoms with van der Waals surface area (Å²) in [7, 11) is 0. The van der Waals surface area contributed by atoms with Gasteiger partial charge in [-0.2, -0.15) is 4.98 Å². The van der Waals surface area contributed by atoms with Gasteiger partial charge < -0.3 is 9.63 Å². The normalized spacial score (nSPS) is 29.1. The SMILES string of the molecule is CCc1nc(CN2C[C@@H]3CCC[C@@]3(C(=O)O)C2)no1.Cl. The van der Waals surface area contributed by atoms with Crippen molar-refractivity contribution in [3.05, 3.63) is 11.7 Å². The van der Waals surface area contributed by atoms with Crippen LogP contribution in [0.5, 0.6) is 0 Å². The van der Waals surface area contributed by atoms with Crippen molar-refractivity contribution in [1.82, 2.24) is 15.0 Å². The third-order valence-corrected chi connectivity index (χ3v) is 4.54. The molecule has 20 heavy (non-hydrogen) atoms. The summed E-state index contributed by atoms with van der Waals surface area (Å²) in [5.41, 5.74) is -0.530. The van der Waals surface area contributed by atoms with E-state index in [1.807, 2.05) is 6.92 Å². The maximum Gasteiger partial charge on any atom is 0.311 e. The fourth-order valence-corrected chi connectivity index (χ4v) is 3.56. The Morgan fingerprint density at radius 2 is 2.40 bits per heavy atom. The minimum atomic E-state index is -0.639. The zero-order valence-electron chi connectivity index (χ0n) is 11.5. The number of rotatable bonds is 4. The number of aliphatic carboxylic acids is 1. The highest BCUT2D eigenvalue weighted by Crippen LogP contribution is 2.49. The number of likely N-dealkylation sites (tertiary alicyclic amines) is 1. The number of aromatic nitrogens is 2. The maximum atomic E-state index is 11.6. The number of carboxylic acid groups (broad SMARTS) is 1. The van der Waals surface area contributed by atoms with Gasteiger partial charge in [0, 0.05) is 19.5 Å². The van der Waals surface area contributed by atoms with Crippen LogP contribution in [0.1, 0.15) is 37.9 Å². The summed E-state index contributed by atoms with van der Waals surface area (Å²) < 4.78 is 5.09. The van der Waals surface area contributed by atoms with Crippen molar-refractivity contribution >= 4 is 18.4 Å². The van der Waals surface area contributed by atoms with Crippen LogP contribution < -0.4 is 0 Å². The highest BCUT2D eigenvalue weighted by Gasteiger charge is 2.54. The molecule has 3 rings (SSSR count). The molecule has 0 amide bonds. The Bertz CT molecular complexity index is 493. The summed E-state index contributed by atoms with van der Waals surface area (Å²) in [5, 5.41) is 13.5. The second-order valence-corrected chi connectivity index (χ2v) is 5.68. The van der Waals surface area contributed by atoms with Crippen LogP contribution in [0.4, 0.5) is 0 Å². The van der Waals surface area contributed by atoms with Crippen molar-refractivity contribution in [3.63, 3.8) is 0 Å². The average Bonchev–Trinajstić information content (AvgIpc) is 3.02. The van der Waals surface area contributed by atoms with Gasteiger partial charge >= 0.3 is 5.97 Å². The van der Waals surface area contributed by atoms with Gasteiger partial charge in [-0.15, -0.1) is 12.4 Å². The largest absolute Gasteiger partial charge is 0.481 e. The van der Waals surface area contributed by atoms with Crippen LogP contribution >= 0.6 is 12.4 Å². The van der Waals surface area contributed by atoms with Crippen molar-refractivity contribution in [2.75, 3.05) is 13.1 Å². The van der Waals surface area contributed by atoms with E-state index in [1.165, 1.54) is 0 Å². The van der Waals surface area contributed by atoms with E-state index in [0.717, 1.165) is 32.2 Å². The second kappa shape index (κ2) is 5.69. The van der Waals surface area contributed by atoms with E-state index in [2.05, 4.69) is 15.0 Å². The Kier molecular flexibility index (Phi) is 4.34. The number of aryl methyl sites for hydroxylation is 1. The molecule has 0 radical (unpaired) electrons. The van der Waals surface area contributed by atoms with Crippen LogP contribution in [0.15, 0.2) is 4.52 Å². The molecule has 0 aromatic carbocycles. The van der Waals surface area contributed by atoms with Crippen LogP contribution in [-0.4, -0.2) is 39.2 Å². The third kappa shape index (κ3) is 2.42. The molecule has 1 aromatic heterocycles. The number of hydrogen-bond donors (Lipinski definition) is 1. The van der Waals surface area contributed by atoms with E-state index in [1.54, 1.807) is 0 Å². The summed E-state index contributed by atoms with van der Waals surface area (Å²) in [6.07, 6.45) is 3.59. The molecule has 2 heterocycles. The van der Waals surface area contributed by atoms with Gasteiger partial charge in [0.15, 0.2) is 5.82 Å². The minimum absolute atomic E-state index is 0. The molecule has 1 saturated heterocycles. The van der Waals surface area contributed by atoms with Crippen LogP contribution in [0.25, 0.3) is 0 Å². The quantitative estimate of drug-likeness (QED) is 0.912. The number of fused-ring (bicyclic) bond motifs is 1. The highest BCUT2D eigenvalue weighted by molar-refractivity contribution is 5.85. The molecule has 1 aromatic rings. The number of halogens is 1. The van der Waals surface area contributed by atoms with Crippen molar-refractivity contribution in [2.24, 2.45) is 11.3 Å². The third-order valence-electron chi connectivity index (χ3n) is 4.54. The average molecular weight is 302 g/mol. The fourth-order valence-electron chi connectivity index (χ4n) is 3.56. The maximum absolute atomic E-state index is 11.6. The number of carbonyl (C=O) groups is 1. The molecule has 0 bridgehead atoms. The molecule has 1 aliphatic heterocycles. The molecule has 2 atom stereocenters. The predicted octanol–water partition coefficient (Wildman–Crippen LogP) is 1.74. The smallest absolute Gasteiger partial charge is 0.311 e. The van der Waals surface area contributed by atoms with Gasteiger partial charge in [0.2, 0.25) is 5.89 Å². The van der Waals surface area contributed by atoms with Gasteiger partial charge in [0.05, 0.1) is 12.0 Å². The molecule has 0 spiro atoms. The van der Waals surface area contributed by atoms with Crippen molar-refractivity contribution in [3.8, 4) is 0 Å². The van der Waals surface area contributed by atoms with E-state index in [0.29, 0.717) is 24.8 Å². The van der Waals surface area contributed by atoms with Crippen molar-refractivity contribution < 1.29 is 14.4 Å². The van der Waals surface area contributed by atoms with Gasteiger partial charge in [0.25, 0.3) is 0 Å². The summed E-state index contributed by atoms with van der Waals surface area (Å²) in [6.45, 7) is 4.01. The van der Waals surface area contributed by atoms with Gasteiger partial charge in [0.1, 0.15) is 0 Å². The van der Waals surface area contributed by atoms with E-state index in [9.17, 15) is 9.90 Å². The number of hydrogen-bond acceptors (Lipinski definition) is 5. The lowest BCUT2D eigenvalue weighted by Crippen LogP contribution is -2.35. The van der Waals surface area contributed by atoms with E-state index >= 15 is 0 Å². The zero-order valence-corrected chi connectivity index (χ0v) is 12.4. The molecule has 7 heteroatoms. The molecule has 112 valence electrons. The molecule has 2 fully saturated rings. The minimum Gasteiger partial charge on any atom is -0.481 e. The van der Waals surface area contributed by atoms with Crippen LogP contribution in [0.3, 0.4) is 0 Å². The molecule has 2 aliphatic rings. The first-order valence-corrected chi connectivity index (χ1v) is 6.91. The Labute approximate surface area is 123 Å². The number of carboxylic acids is 1. The molecule has 0 unspecified atom stereocenters. The summed E-state index contributed by atoms with van der Waals surface area (Å²) in [5.74, 6) is 0.946. The summed E-state index contributed by atoms with van der Waals surface area (Å²) in [4.78, 5) is 18.0. The Morgan fingerprint density at radius 1 is 1.60 bits per heavy atom. The fraction of sp³-hybridized carbons (Fsp3) is 0.769. The van der Waals surface area contributed by atoms with Crippen LogP contribution in [0, 0.1) is 11.3 Å². The lowest BCUT2D eigenvalue weighted by molar-refractivity contribution is -0.149. The highest BCUT2D eigenvalue weighted by atomic mass is 35.5.